The minimum Gasteiger partial charge on any atom is -0.396 e. The van der Waals surface area contributed by atoms with Gasteiger partial charge in [0.05, 0.1) is 0 Å². The number of amides is 1. The van der Waals surface area contributed by atoms with Crippen LogP contribution in [-0.4, -0.2) is 45.4 Å². The van der Waals surface area contributed by atoms with Crippen LogP contribution in [-0.2, 0) is 6.54 Å². The number of likely N-dealkylation sites (tertiary alicyclic amines) is 1. The first-order valence-corrected chi connectivity index (χ1v) is 7.14. The van der Waals surface area contributed by atoms with E-state index in [4.69, 9.17) is 5.11 Å². The van der Waals surface area contributed by atoms with Gasteiger partial charge in [0.15, 0.2) is 0 Å². The Morgan fingerprint density at radius 2 is 2.30 bits per heavy atom. The maximum Gasteiger partial charge on any atom is 0.274 e. The number of aryl methyl sites for hydroxylation is 1. The molecule has 1 saturated heterocycles. The Balaban J connectivity index is 2.10. The summed E-state index contributed by atoms with van der Waals surface area (Å²) >= 11 is 0. The molecule has 0 radical (unpaired) electrons. The molecule has 1 aromatic heterocycles. The van der Waals surface area contributed by atoms with Crippen LogP contribution >= 0.6 is 0 Å². The zero-order chi connectivity index (χ0) is 14.5. The maximum absolute atomic E-state index is 12.4. The highest BCUT2D eigenvalue weighted by molar-refractivity contribution is 5.92. The number of rotatable bonds is 5. The molecule has 0 aromatic carbocycles. The lowest BCUT2D eigenvalue weighted by Crippen LogP contribution is -2.32. The standard InChI is InChI=1S/C14H21N3O3/c1-2-7-17-13(19)4-3-12(15-17)14(20)16-8-5-11(10-16)6-9-18/h3-4,11,18H,2,5-10H2,1H3. The van der Waals surface area contributed by atoms with Crippen LogP contribution < -0.4 is 5.56 Å². The number of nitrogens with zero attached hydrogens (tertiary/aromatic N) is 3. The fourth-order valence-corrected chi connectivity index (χ4v) is 2.53. The van der Waals surface area contributed by atoms with Gasteiger partial charge in [-0.1, -0.05) is 6.92 Å². The summed E-state index contributed by atoms with van der Waals surface area (Å²) in [6.45, 7) is 3.99. The third-order valence-electron chi connectivity index (χ3n) is 3.63. The summed E-state index contributed by atoms with van der Waals surface area (Å²) in [5, 5.41) is 13.1. The zero-order valence-corrected chi connectivity index (χ0v) is 11.8. The molecule has 1 atom stereocenters. The van der Waals surface area contributed by atoms with Gasteiger partial charge in [-0.25, -0.2) is 4.68 Å². The maximum atomic E-state index is 12.4. The summed E-state index contributed by atoms with van der Waals surface area (Å²) in [6.07, 6.45) is 2.44. The molecule has 2 heterocycles. The Labute approximate surface area is 118 Å². The average Bonchev–Trinajstić information content (AvgIpc) is 2.90. The molecular formula is C14H21N3O3. The van der Waals surface area contributed by atoms with E-state index in [0.29, 0.717) is 31.2 Å². The molecule has 6 heteroatoms. The first kappa shape index (κ1) is 14.7. The van der Waals surface area contributed by atoms with E-state index in [9.17, 15) is 9.59 Å². The number of carbonyl (C=O) groups is 1. The summed E-state index contributed by atoms with van der Waals surface area (Å²) in [6, 6.07) is 2.90. The molecule has 1 aromatic rings. The molecular weight excluding hydrogens is 258 g/mol. The second-order valence-electron chi connectivity index (χ2n) is 5.20. The lowest BCUT2D eigenvalue weighted by molar-refractivity contribution is 0.0776. The number of hydrogen-bond acceptors (Lipinski definition) is 4. The molecule has 0 spiro atoms. The van der Waals surface area contributed by atoms with Crippen molar-refractivity contribution in [2.75, 3.05) is 19.7 Å². The predicted octanol–water partition coefficient (Wildman–Crippen LogP) is 0.498. The van der Waals surface area contributed by atoms with Crippen molar-refractivity contribution in [3.05, 3.63) is 28.2 Å². The van der Waals surface area contributed by atoms with E-state index in [2.05, 4.69) is 5.10 Å². The van der Waals surface area contributed by atoms with Gasteiger partial charge < -0.3 is 10.0 Å². The highest BCUT2D eigenvalue weighted by Crippen LogP contribution is 2.20. The lowest BCUT2D eigenvalue weighted by Gasteiger charge is -2.16. The summed E-state index contributed by atoms with van der Waals surface area (Å²) in [4.78, 5) is 25.7. The number of hydrogen-bond donors (Lipinski definition) is 1. The van der Waals surface area contributed by atoms with E-state index in [1.54, 1.807) is 4.90 Å². The molecule has 1 N–H and O–H groups in total. The SMILES string of the molecule is CCCn1nc(C(=O)N2CCC(CCO)C2)ccc1=O. The highest BCUT2D eigenvalue weighted by atomic mass is 16.3. The monoisotopic (exact) mass is 279 g/mol. The normalized spacial score (nSPS) is 18.5. The molecule has 1 fully saturated rings. The van der Waals surface area contributed by atoms with Crippen LogP contribution in [0.2, 0.25) is 0 Å². The minimum atomic E-state index is -0.178. The molecule has 0 saturated carbocycles. The summed E-state index contributed by atoms with van der Waals surface area (Å²) in [5.41, 5.74) is 0.144. The van der Waals surface area contributed by atoms with Gasteiger partial charge in [-0.05, 0) is 31.2 Å². The van der Waals surface area contributed by atoms with Crippen molar-refractivity contribution in [1.29, 1.82) is 0 Å². The Bertz CT molecular complexity index is 527. The molecule has 1 aliphatic heterocycles. The molecule has 20 heavy (non-hydrogen) atoms. The van der Waals surface area contributed by atoms with Gasteiger partial charge in [0.25, 0.3) is 11.5 Å². The van der Waals surface area contributed by atoms with Crippen molar-refractivity contribution < 1.29 is 9.90 Å². The van der Waals surface area contributed by atoms with Crippen molar-refractivity contribution in [2.24, 2.45) is 5.92 Å². The molecule has 0 aliphatic carbocycles. The van der Waals surface area contributed by atoms with Crippen LogP contribution in [0.4, 0.5) is 0 Å². The molecule has 2 rings (SSSR count). The van der Waals surface area contributed by atoms with Crippen LogP contribution in [0.3, 0.4) is 0 Å². The van der Waals surface area contributed by atoms with Gasteiger partial charge in [0.1, 0.15) is 5.69 Å². The van der Waals surface area contributed by atoms with Crippen molar-refractivity contribution in [2.45, 2.75) is 32.7 Å². The molecule has 1 unspecified atom stereocenters. The van der Waals surface area contributed by atoms with Crippen molar-refractivity contribution >= 4 is 5.91 Å². The van der Waals surface area contributed by atoms with E-state index in [1.165, 1.54) is 16.8 Å². The van der Waals surface area contributed by atoms with Crippen LogP contribution in [0, 0.1) is 5.92 Å². The Morgan fingerprint density at radius 1 is 1.50 bits per heavy atom. The summed E-state index contributed by atoms with van der Waals surface area (Å²) in [5.74, 6) is 0.237. The summed E-state index contributed by atoms with van der Waals surface area (Å²) in [7, 11) is 0. The average molecular weight is 279 g/mol. The van der Waals surface area contributed by atoms with Crippen molar-refractivity contribution in [3.8, 4) is 0 Å². The fourth-order valence-electron chi connectivity index (χ4n) is 2.53. The Hall–Kier alpha value is -1.69. The molecule has 1 amide bonds. The topological polar surface area (TPSA) is 75.4 Å². The molecule has 6 nitrogen and oxygen atoms in total. The van der Waals surface area contributed by atoms with E-state index in [0.717, 1.165) is 19.3 Å². The Kier molecular flexibility index (Phi) is 4.89. The predicted molar refractivity (Wildman–Crippen MR) is 74.5 cm³/mol. The van der Waals surface area contributed by atoms with Gasteiger partial charge >= 0.3 is 0 Å². The van der Waals surface area contributed by atoms with E-state index in [1.807, 2.05) is 6.92 Å². The molecule has 0 bridgehead atoms. The van der Waals surface area contributed by atoms with Gasteiger partial charge in [-0.3, -0.25) is 9.59 Å². The first-order valence-electron chi connectivity index (χ1n) is 7.14. The van der Waals surface area contributed by atoms with Crippen LogP contribution in [0.25, 0.3) is 0 Å². The second kappa shape index (κ2) is 6.65. The highest BCUT2D eigenvalue weighted by Gasteiger charge is 2.27. The fraction of sp³-hybridized carbons (Fsp3) is 0.643. The van der Waals surface area contributed by atoms with Gasteiger partial charge in [0.2, 0.25) is 0 Å². The number of aliphatic hydroxyl groups is 1. The van der Waals surface area contributed by atoms with Crippen LogP contribution in [0.1, 0.15) is 36.7 Å². The minimum absolute atomic E-state index is 0.129. The van der Waals surface area contributed by atoms with Crippen LogP contribution in [0.5, 0.6) is 0 Å². The van der Waals surface area contributed by atoms with E-state index in [-0.39, 0.29) is 18.1 Å². The van der Waals surface area contributed by atoms with Gasteiger partial charge in [-0.2, -0.15) is 5.10 Å². The third kappa shape index (κ3) is 3.25. The van der Waals surface area contributed by atoms with E-state index >= 15 is 0 Å². The quantitative estimate of drug-likeness (QED) is 0.851. The smallest absolute Gasteiger partial charge is 0.274 e. The lowest BCUT2D eigenvalue weighted by atomic mass is 10.1. The van der Waals surface area contributed by atoms with Gasteiger partial charge in [-0.15, -0.1) is 0 Å². The molecule has 1 aliphatic rings. The number of aromatic nitrogens is 2. The summed E-state index contributed by atoms with van der Waals surface area (Å²) < 4.78 is 1.34. The zero-order valence-electron chi connectivity index (χ0n) is 11.8. The molecule has 110 valence electrons. The van der Waals surface area contributed by atoms with Crippen molar-refractivity contribution in [3.63, 3.8) is 0 Å². The second-order valence-corrected chi connectivity index (χ2v) is 5.20. The van der Waals surface area contributed by atoms with E-state index < -0.39 is 0 Å². The first-order chi connectivity index (χ1) is 9.65. The van der Waals surface area contributed by atoms with Crippen LogP contribution in [0.15, 0.2) is 16.9 Å². The van der Waals surface area contributed by atoms with Crippen molar-refractivity contribution in [1.82, 2.24) is 14.7 Å². The third-order valence-corrected chi connectivity index (χ3v) is 3.63. The largest absolute Gasteiger partial charge is 0.396 e. The number of aliphatic hydroxyl groups excluding tert-OH is 1. The van der Waals surface area contributed by atoms with Gasteiger partial charge in [0, 0.05) is 32.3 Å². The Morgan fingerprint density at radius 3 is 3.00 bits per heavy atom. The number of carbonyl (C=O) groups excluding carboxylic acids is 1.